The first kappa shape index (κ1) is 16.5. The van der Waals surface area contributed by atoms with Gasteiger partial charge in [0.1, 0.15) is 5.69 Å². The molecule has 2 heterocycles. The molecule has 1 aromatic carbocycles. The zero-order valence-corrected chi connectivity index (χ0v) is 14.2. The van der Waals surface area contributed by atoms with E-state index >= 15 is 0 Å². The van der Waals surface area contributed by atoms with Crippen molar-refractivity contribution in [2.75, 3.05) is 23.3 Å². The summed E-state index contributed by atoms with van der Waals surface area (Å²) >= 11 is 6.10. The lowest BCUT2D eigenvalue weighted by Crippen LogP contribution is -2.30. The molecular formula is C17H19ClN4O2. The molecule has 0 aliphatic carbocycles. The molecule has 0 spiro atoms. The summed E-state index contributed by atoms with van der Waals surface area (Å²) in [7, 11) is 1.51. The highest BCUT2D eigenvalue weighted by molar-refractivity contribution is 6.31. The zero-order chi connectivity index (χ0) is 17.1. The number of benzene rings is 1. The largest absolute Gasteiger partial charge is 0.370 e. The molecule has 0 atom stereocenters. The Kier molecular flexibility index (Phi) is 4.85. The molecule has 1 saturated heterocycles. The van der Waals surface area contributed by atoms with Gasteiger partial charge in [0.25, 0.3) is 11.5 Å². The maximum Gasteiger partial charge on any atom is 0.276 e. The summed E-state index contributed by atoms with van der Waals surface area (Å²) in [6.45, 7) is 1.92. The van der Waals surface area contributed by atoms with Gasteiger partial charge in [0, 0.05) is 31.2 Å². The maximum absolute atomic E-state index is 12.5. The summed E-state index contributed by atoms with van der Waals surface area (Å²) in [6, 6.07) is 8.24. The van der Waals surface area contributed by atoms with Gasteiger partial charge in [0.05, 0.1) is 11.4 Å². The fourth-order valence-electron chi connectivity index (χ4n) is 2.83. The van der Waals surface area contributed by atoms with Gasteiger partial charge in [0.15, 0.2) is 0 Å². The molecule has 1 amide bonds. The highest BCUT2D eigenvalue weighted by Gasteiger charge is 2.17. The summed E-state index contributed by atoms with van der Waals surface area (Å²) in [5.41, 5.74) is 1.53. The Balaban J connectivity index is 1.87. The van der Waals surface area contributed by atoms with Crippen LogP contribution in [0.3, 0.4) is 0 Å². The Labute approximate surface area is 145 Å². The average Bonchev–Trinajstić information content (AvgIpc) is 2.58. The first-order chi connectivity index (χ1) is 11.5. The number of aromatic nitrogens is 2. The second-order valence-electron chi connectivity index (χ2n) is 5.84. The van der Waals surface area contributed by atoms with E-state index in [0.29, 0.717) is 10.7 Å². The topological polar surface area (TPSA) is 67.2 Å². The van der Waals surface area contributed by atoms with Crippen LogP contribution in [0.25, 0.3) is 0 Å². The van der Waals surface area contributed by atoms with Crippen molar-refractivity contribution in [1.82, 2.24) is 9.78 Å². The third-order valence-electron chi connectivity index (χ3n) is 4.10. The van der Waals surface area contributed by atoms with E-state index in [-0.39, 0.29) is 17.2 Å². The summed E-state index contributed by atoms with van der Waals surface area (Å²) in [4.78, 5) is 26.1. The van der Waals surface area contributed by atoms with Gasteiger partial charge in [-0.25, -0.2) is 4.68 Å². The number of rotatable bonds is 3. The van der Waals surface area contributed by atoms with E-state index in [2.05, 4.69) is 15.3 Å². The van der Waals surface area contributed by atoms with Crippen molar-refractivity contribution in [3.8, 4) is 0 Å². The van der Waals surface area contributed by atoms with Gasteiger partial charge in [-0.1, -0.05) is 11.6 Å². The first-order valence-corrected chi connectivity index (χ1v) is 8.32. The van der Waals surface area contributed by atoms with Gasteiger partial charge in [-0.05, 0) is 43.5 Å². The summed E-state index contributed by atoms with van der Waals surface area (Å²) < 4.78 is 1.14. The van der Waals surface area contributed by atoms with Crippen LogP contribution in [-0.4, -0.2) is 28.8 Å². The quantitative estimate of drug-likeness (QED) is 0.927. The van der Waals surface area contributed by atoms with Gasteiger partial charge in [-0.3, -0.25) is 9.59 Å². The van der Waals surface area contributed by atoms with Crippen molar-refractivity contribution in [3.05, 3.63) is 51.4 Å². The number of anilines is 2. The molecule has 0 radical (unpaired) electrons. The highest BCUT2D eigenvalue weighted by atomic mass is 35.5. The molecule has 2 aromatic rings. The van der Waals surface area contributed by atoms with Gasteiger partial charge in [-0.15, -0.1) is 0 Å². The molecule has 1 aromatic heterocycles. The molecule has 6 nitrogen and oxygen atoms in total. The Bertz CT molecular complexity index is 812. The van der Waals surface area contributed by atoms with Crippen LogP contribution in [0.4, 0.5) is 11.4 Å². The van der Waals surface area contributed by atoms with E-state index in [4.69, 9.17) is 11.6 Å². The van der Waals surface area contributed by atoms with Crippen LogP contribution < -0.4 is 15.8 Å². The van der Waals surface area contributed by atoms with Crippen molar-refractivity contribution in [2.45, 2.75) is 19.3 Å². The second kappa shape index (κ2) is 7.05. The molecule has 3 rings (SSSR count). The summed E-state index contributed by atoms with van der Waals surface area (Å²) in [5.74, 6) is -0.369. The van der Waals surface area contributed by atoms with Crippen LogP contribution in [0.1, 0.15) is 29.8 Å². The number of hydrogen-bond acceptors (Lipinski definition) is 4. The van der Waals surface area contributed by atoms with Gasteiger partial charge < -0.3 is 10.2 Å². The molecule has 24 heavy (non-hydrogen) atoms. The molecule has 1 aliphatic heterocycles. The second-order valence-corrected chi connectivity index (χ2v) is 6.28. The third kappa shape index (κ3) is 3.59. The third-order valence-corrected chi connectivity index (χ3v) is 4.33. The van der Waals surface area contributed by atoms with E-state index in [1.807, 2.05) is 12.1 Å². The van der Waals surface area contributed by atoms with Gasteiger partial charge in [-0.2, -0.15) is 5.10 Å². The molecule has 1 fully saturated rings. The molecule has 1 N–H and O–H groups in total. The lowest BCUT2D eigenvalue weighted by Gasteiger charge is -2.30. The smallest absolute Gasteiger partial charge is 0.276 e. The van der Waals surface area contributed by atoms with Crippen LogP contribution in [0, 0.1) is 0 Å². The number of piperidine rings is 1. The number of carbonyl (C=O) groups excluding carboxylic acids is 1. The number of carbonyl (C=O) groups is 1. The van der Waals surface area contributed by atoms with Gasteiger partial charge >= 0.3 is 0 Å². The molecule has 7 heteroatoms. The number of hydrogen-bond donors (Lipinski definition) is 1. The van der Waals surface area contributed by atoms with Crippen molar-refractivity contribution in [1.29, 1.82) is 0 Å². The van der Waals surface area contributed by atoms with E-state index in [0.717, 1.165) is 36.3 Å². The highest BCUT2D eigenvalue weighted by Crippen LogP contribution is 2.31. The SMILES string of the molecule is Cn1nc(C(=O)Nc2cc(Cl)ccc2N2CCCCC2)ccc1=O. The van der Waals surface area contributed by atoms with Crippen LogP contribution in [0.15, 0.2) is 35.1 Å². The Hall–Kier alpha value is -2.34. The monoisotopic (exact) mass is 346 g/mol. The summed E-state index contributed by atoms with van der Waals surface area (Å²) in [6.07, 6.45) is 3.50. The predicted molar refractivity (Wildman–Crippen MR) is 94.9 cm³/mol. The van der Waals surface area contributed by atoms with Crippen molar-refractivity contribution in [2.24, 2.45) is 7.05 Å². The van der Waals surface area contributed by atoms with Crippen LogP contribution in [-0.2, 0) is 7.05 Å². The van der Waals surface area contributed by atoms with Crippen LogP contribution in [0.5, 0.6) is 0 Å². The zero-order valence-electron chi connectivity index (χ0n) is 13.5. The molecule has 126 valence electrons. The minimum Gasteiger partial charge on any atom is -0.370 e. The Morgan fingerprint density at radius 1 is 1.17 bits per heavy atom. The lowest BCUT2D eigenvalue weighted by atomic mass is 10.1. The number of halogens is 1. The first-order valence-electron chi connectivity index (χ1n) is 7.95. The fraction of sp³-hybridized carbons (Fsp3) is 0.353. The Morgan fingerprint density at radius 2 is 1.92 bits per heavy atom. The van der Waals surface area contributed by atoms with Crippen LogP contribution in [0.2, 0.25) is 5.02 Å². The Morgan fingerprint density at radius 3 is 2.62 bits per heavy atom. The van der Waals surface area contributed by atoms with Crippen molar-refractivity contribution in [3.63, 3.8) is 0 Å². The fourth-order valence-corrected chi connectivity index (χ4v) is 3.00. The summed E-state index contributed by atoms with van der Waals surface area (Å²) in [5, 5.41) is 7.40. The van der Waals surface area contributed by atoms with Crippen molar-refractivity contribution < 1.29 is 4.79 Å². The number of nitrogens with one attached hydrogen (secondary N) is 1. The number of nitrogens with zero attached hydrogens (tertiary/aromatic N) is 3. The maximum atomic E-state index is 12.5. The molecule has 0 bridgehead atoms. The van der Waals surface area contributed by atoms with Gasteiger partial charge in [0.2, 0.25) is 0 Å². The standard InChI is InChI=1S/C17H19ClN4O2/c1-21-16(23)8-6-13(20-21)17(24)19-14-11-12(18)5-7-15(14)22-9-3-2-4-10-22/h5-8,11H,2-4,9-10H2,1H3,(H,19,24). The molecule has 0 unspecified atom stereocenters. The minimum atomic E-state index is -0.369. The minimum absolute atomic E-state index is 0.182. The van der Waals surface area contributed by atoms with Crippen LogP contribution >= 0.6 is 11.6 Å². The van der Waals surface area contributed by atoms with E-state index < -0.39 is 0 Å². The van der Waals surface area contributed by atoms with Crippen molar-refractivity contribution >= 4 is 28.9 Å². The molecular weight excluding hydrogens is 328 g/mol. The average molecular weight is 347 g/mol. The van der Waals surface area contributed by atoms with E-state index in [1.54, 1.807) is 6.07 Å². The predicted octanol–water partition coefficient (Wildman–Crippen LogP) is 2.68. The number of aryl methyl sites for hydroxylation is 1. The molecule has 1 aliphatic rings. The number of amides is 1. The normalized spacial score (nSPS) is 14.5. The molecule has 0 saturated carbocycles. The van der Waals surface area contributed by atoms with E-state index in [9.17, 15) is 9.59 Å². The van der Waals surface area contributed by atoms with E-state index in [1.165, 1.54) is 25.6 Å². The lowest BCUT2D eigenvalue weighted by molar-refractivity contribution is 0.102.